The molecule has 0 bridgehead atoms. The van der Waals surface area contributed by atoms with Gasteiger partial charge in [0.15, 0.2) is 0 Å². The SMILES string of the molecule is O[C@@H]1CN(CCOc2ccc(OCc3ccccc3)cc2)CC[C@]1(O)Cc1ccccc1.Oc1ccc(OCCN2CC[C@](O)(Cc3ccccc3)[C@H](O)C2)cc1. The number of benzene rings is 5. The number of aliphatic hydroxyl groups is 4. The molecule has 2 aliphatic rings. The van der Waals surface area contributed by atoms with Gasteiger partial charge in [0.25, 0.3) is 0 Å². The van der Waals surface area contributed by atoms with Crippen molar-refractivity contribution in [1.29, 1.82) is 0 Å². The zero-order valence-electron chi connectivity index (χ0n) is 32.5. The van der Waals surface area contributed by atoms with Gasteiger partial charge in [-0.3, -0.25) is 9.80 Å². The van der Waals surface area contributed by atoms with Gasteiger partial charge in [-0.15, -0.1) is 0 Å². The number of hydrogen-bond donors (Lipinski definition) is 5. The fraction of sp³-hybridized carbons (Fsp3) is 0.362. The maximum absolute atomic E-state index is 10.9. The minimum atomic E-state index is -1.08. The van der Waals surface area contributed by atoms with Gasteiger partial charge in [0.2, 0.25) is 0 Å². The molecule has 0 radical (unpaired) electrons. The van der Waals surface area contributed by atoms with Crippen molar-refractivity contribution in [3.63, 3.8) is 0 Å². The van der Waals surface area contributed by atoms with Crippen LogP contribution >= 0.6 is 0 Å². The van der Waals surface area contributed by atoms with Crippen LogP contribution in [0.1, 0.15) is 29.5 Å². The maximum atomic E-state index is 10.9. The van der Waals surface area contributed by atoms with Crippen molar-refractivity contribution < 1.29 is 39.7 Å². The number of aromatic hydroxyl groups is 1. The van der Waals surface area contributed by atoms with Crippen LogP contribution in [0.5, 0.6) is 23.0 Å². The van der Waals surface area contributed by atoms with Crippen LogP contribution in [0.15, 0.2) is 140 Å². The fourth-order valence-corrected chi connectivity index (χ4v) is 7.27. The smallest absolute Gasteiger partial charge is 0.120 e. The summed E-state index contributed by atoms with van der Waals surface area (Å²) < 4.78 is 17.3. The lowest BCUT2D eigenvalue weighted by molar-refractivity contribution is -0.119. The zero-order chi connectivity index (χ0) is 39.9. The van der Waals surface area contributed by atoms with E-state index >= 15 is 0 Å². The summed E-state index contributed by atoms with van der Waals surface area (Å²) >= 11 is 0. The highest BCUT2D eigenvalue weighted by Crippen LogP contribution is 2.28. The standard InChI is InChI=1S/C27H31NO4.C20H25NO4/c29-26-20-28(16-15-27(26,30)19-22-7-3-1-4-8-22)17-18-31-24-11-13-25(14-12-24)32-21-23-9-5-2-6-10-23;22-17-6-8-18(9-7-17)25-13-12-21-11-10-20(24,19(23)15-21)14-16-4-2-1-3-5-16/h1-14,26,29-30H,15-21H2;1-9,19,22-24H,10-15H2/t26-,27+;19-,20+/m11/s1. The molecule has 5 aromatic carbocycles. The van der Waals surface area contributed by atoms with Crippen molar-refractivity contribution in [3.05, 3.63) is 156 Å². The van der Waals surface area contributed by atoms with Gasteiger partial charge in [-0.25, -0.2) is 0 Å². The molecule has 0 aliphatic carbocycles. The Hall–Kier alpha value is -4.94. The van der Waals surface area contributed by atoms with Gasteiger partial charge < -0.3 is 39.7 Å². The molecule has 2 saturated heterocycles. The first-order chi connectivity index (χ1) is 27.7. The predicted molar refractivity (Wildman–Crippen MR) is 221 cm³/mol. The van der Waals surface area contributed by atoms with Gasteiger partial charge in [0, 0.05) is 52.1 Å². The Morgan fingerprint density at radius 1 is 0.491 bits per heavy atom. The topological polar surface area (TPSA) is 135 Å². The molecule has 302 valence electrons. The summed E-state index contributed by atoms with van der Waals surface area (Å²) in [5.74, 6) is 2.51. The lowest BCUT2D eigenvalue weighted by atomic mass is 9.83. The molecule has 57 heavy (non-hydrogen) atoms. The van der Waals surface area contributed by atoms with E-state index in [0.717, 1.165) is 41.3 Å². The monoisotopic (exact) mass is 776 g/mol. The second kappa shape index (κ2) is 20.5. The molecule has 0 aromatic heterocycles. The molecule has 0 spiro atoms. The van der Waals surface area contributed by atoms with E-state index in [0.29, 0.717) is 77.4 Å². The number of rotatable bonds is 15. The van der Waals surface area contributed by atoms with Crippen molar-refractivity contribution in [1.82, 2.24) is 9.80 Å². The van der Waals surface area contributed by atoms with Crippen LogP contribution in [0.2, 0.25) is 0 Å². The average Bonchev–Trinajstić information content (AvgIpc) is 3.23. The quantitative estimate of drug-likeness (QED) is 0.0929. The molecule has 2 aliphatic heterocycles. The van der Waals surface area contributed by atoms with Crippen LogP contribution in [0, 0.1) is 0 Å². The van der Waals surface area contributed by atoms with Gasteiger partial charge in [-0.05, 0) is 78.1 Å². The molecule has 5 aromatic rings. The molecule has 0 amide bonds. The normalized spacial score (nSPS) is 22.5. The molecule has 2 heterocycles. The van der Waals surface area contributed by atoms with Crippen LogP contribution in [0.4, 0.5) is 0 Å². The average molecular weight is 777 g/mol. The Bertz CT molecular complexity index is 1880. The number of piperidine rings is 2. The van der Waals surface area contributed by atoms with Gasteiger partial charge >= 0.3 is 0 Å². The number of ether oxygens (including phenoxy) is 3. The van der Waals surface area contributed by atoms with Gasteiger partial charge in [0.05, 0.1) is 23.4 Å². The van der Waals surface area contributed by atoms with Crippen LogP contribution in [-0.4, -0.2) is 111 Å². The molecular formula is C47H56N2O8. The van der Waals surface area contributed by atoms with E-state index in [1.807, 2.05) is 115 Å². The summed E-state index contributed by atoms with van der Waals surface area (Å²) in [6.07, 6.45) is 0.441. The second-order valence-electron chi connectivity index (χ2n) is 15.1. The molecule has 7 rings (SSSR count). The third-order valence-electron chi connectivity index (χ3n) is 10.8. The van der Waals surface area contributed by atoms with Crippen molar-refractivity contribution >= 4 is 0 Å². The van der Waals surface area contributed by atoms with Gasteiger partial charge in [-0.2, -0.15) is 0 Å². The van der Waals surface area contributed by atoms with Crippen molar-refractivity contribution in [2.24, 2.45) is 0 Å². The Morgan fingerprint density at radius 2 is 0.860 bits per heavy atom. The van der Waals surface area contributed by atoms with Gasteiger partial charge in [-0.1, -0.05) is 91.0 Å². The number of phenolic OH excluding ortho intramolecular Hbond substituents is 1. The first-order valence-electron chi connectivity index (χ1n) is 19.8. The van der Waals surface area contributed by atoms with Crippen LogP contribution in [0.3, 0.4) is 0 Å². The molecule has 0 saturated carbocycles. The molecule has 10 heteroatoms. The lowest BCUT2D eigenvalue weighted by Gasteiger charge is -2.42. The van der Waals surface area contributed by atoms with Crippen molar-refractivity contribution in [3.8, 4) is 23.0 Å². The highest BCUT2D eigenvalue weighted by molar-refractivity contribution is 5.32. The summed E-state index contributed by atoms with van der Waals surface area (Å²) in [6.45, 7) is 5.26. The predicted octanol–water partition coefficient (Wildman–Crippen LogP) is 5.50. The molecule has 4 atom stereocenters. The Morgan fingerprint density at radius 3 is 1.26 bits per heavy atom. The third-order valence-corrected chi connectivity index (χ3v) is 10.8. The lowest BCUT2D eigenvalue weighted by Crippen LogP contribution is -2.57. The number of hydrogen-bond acceptors (Lipinski definition) is 10. The minimum Gasteiger partial charge on any atom is -0.508 e. The van der Waals surface area contributed by atoms with E-state index in [1.54, 1.807) is 24.3 Å². The molecular weight excluding hydrogens is 721 g/mol. The summed E-state index contributed by atoms with van der Waals surface area (Å²) in [4.78, 5) is 4.24. The molecule has 0 unspecified atom stereocenters. The molecule has 2 fully saturated rings. The summed E-state index contributed by atoms with van der Waals surface area (Å²) in [5, 5.41) is 52.0. The number of phenols is 1. The second-order valence-corrected chi connectivity index (χ2v) is 15.1. The highest BCUT2D eigenvalue weighted by atomic mass is 16.5. The maximum Gasteiger partial charge on any atom is 0.120 e. The molecule has 5 N–H and O–H groups in total. The number of nitrogens with zero attached hydrogens (tertiary/aromatic N) is 2. The van der Waals surface area contributed by atoms with Crippen LogP contribution in [-0.2, 0) is 19.4 Å². The van der Waals surface area contributed by atoms with E-state index in [2.05, 4.69) is 9.80 Å². The van der Waals surface area contributed by atoms with Crippen molar-refractivity contribution in [2.75, 3.05) is 52.5 Å². The summed E-state index contributed by atoms with van der Waals surface area (Å²) in [7, 11) is 0. The van der Waals surface area contributed by atoms with Gasteiger partial charge in [0.1, 0.15) is 42.8 Å². The Balaban J connectivity index is 0.000000199. The number of β-amino-alcohol motifs (C(OH)–C–C–N with tert-alkyl or cyclic N) is 2. The Labute approximate surface area is 336 Å². The highest BCUT2D eigenvalue weighted by Gasteiger charge is 2.41. The van der Waals surface area contributed by atoms with Crippen LogP contribution in [0.25, 0.3) is 0 Å². The van der Waals surface area contributed by atoms with E-state index in [-0.39, 0.29) is 5.75 Å². The minimum absolute atomic E-state index is 0.212. The van der Waals surface area contributed by atoms with E-state index < -0.39 is 23.4 Å². The fourth-order valence-electron chi connectivity index (χ4n) is 7.27. The first-order valence-corrected chi connectivity index (χ1v) is 19.8. The summed E-state index contributed by atoms with van der Waals surface area (Å²) in [5.41, 5.74) is 1.06. The number of aliphatic hydroxyl groups excluding tert-OH is 2. The number of likely N-dealkylation sites (tertiary alicyclic amines) is 2. The van der Waals surface area contributed by atoms with Crippen LogP contribution < -0.4 is 14.2 Å². The molecule has 10 nitrogen and oxygen atoms in total. The first kappa shape index (κ1) is 41.7. The van der Waals surface area contributed by atoms with E-state index in [1.165, 1.54) is 0 Å². The third kappa shape index (κ3) is 12.8. The van der Waals surface area contributed by atoms with E-state index in [4.69, 9.17) is 14.2 Å². The largest absolute Gasteiger partial charge is 0.508 e. The summed E-state index contributed by atoms with van der Waals surface area (Å²) in [6, 6.07) is 44.0. The Kier molecular flexibility index (Phi) is 15.0. The zero-order valence-corrected chi connectivity index (χ0v) is 32.5. The van der Waals surface area contributed by atoms with Crippen molar-refractivity contribution in [2.45, 2.75) is 55.7 Å². The van der Waals surface area contributed by atoms with E-state index in [9.17, 15) is 25.5 Å².